The van der Waals surface area contributed by atoms with Crippen LogP contribution in [0.1, 0.15) is 102 Å². The Labute approximate surface area is 346 Å². The molecule has 0 saturated carbocycles. The van der Waals surface area contributed by atoms with Crippen molar-refractivity contribution in [2.75, 3.05) is 25.5 Å². The predicted octanol–water partition coefficient (Wildman–Crippen LogP) is 6.65. The molecule has 1 saturated heterocycles. The number of methoxy groups -OCH3 is 1. The number of carbonyl (C=O) groups excluding carboxylic acids is 3. The van der Waals surface area contributed by atoms with Crippen LogP contribution >= 0.6 is 0 Å². The molecule has 9 unspecified atom stereocenters. The van der Waals surface area contributed by atoms with Gasteiger partial charge in [-0.05, 0) is 38.8 Å². The second-order valence-electron chi connectivity index (χ2n) is 16.5. The zero-order valence-corrected chi connectivity index (χ0v) is 35.7. The first-order valence-electron chi connectivity index (χ1n) is 20.6. The smallest absolute Gasteiger partial charge is 0.312 e. The molecule has 4 heterocycles. The molecule has 4 aliphatic heterocycles. The fourth-order valence-corrected chi connectivity index (χ4v) is 8.27. The number of esters is 1. The average Bonchev–Trinajstić information content (AvgIpc) is 3.45. The Kier molecular flexibility index (Phi) is 14.5. The maximum Gasteiger partial charge on any atom is 0.312 e. The molecule has 2 aromatic rings. The van der Waals surface area contributed by atoms with E-state index in [0.717, 1.165) is 38.8 Å². The van der Waals surface area contributed by atoms with Crippen molar-refractivity contribution in [3.63, 3.8) is 0 Å². The lowest BCUT2D eigenvalue weighted by Crippen LogP contribution is -2.46. The summed E-state index contributed by atoms with van der Waals surface area (Å²) in [5.74, 6) is -6.73. The monoisotopic (exact) mass is 819 g/mol. The number of hydrazone groups is 1. The molecule has 2 aromatic carbocycles. The third kappa shape index (κ3) is 9.60. The highest BCUT2D eigenvalue weighted by atomic mass is 16.7. The van der Waals surface area contributed by atoms with E-state index in [1.54, 1.807) is 71.9 Å². The number of aromatic hydroxyl groups is 2. The highest BCUT2D eigenvalue weighted by Crippen LogP contribution is 2.51. The number of amides is 1. The van der Waals surface area contributed by atoms with Crippen molar-refractivity contribution in [3.8, 4) is 17.2 Å². The first-order valence-corrected chi connectivity index (χ1v) is 20.6. The molecule has 59 heavy (non-hydrogen) atoms. The number of aliphatic hydroxyl groups excluding tert-OH is 2. The molecule has 5 N–H and O–H groups in total. The van der Waals surface area contributed by atoms with Gasteiger partial charge in [-0.2, -0.15) is 5.10 Å². The van der Waals surface area contributed by atoms with Gasteiger partial charge in [0.1, 0.15) is 17.6 Å². The number of aliphatic hydroxyl groups is 2. The minimum atomic E-state index is -1.92. The van der Waals surface area contributed by atoms with Crippen molar-refractivity contribution < 1.29 is 53.8 Å². The van der Waals surface area contributed by atoms with Crippen LogP contribution in [0, 0.1) is 30.6 Å². The van der Waals surface area contributed by atoms with Crippen LogP contribution in [0.15, 0.2) is 47.3 Å². The molecule has 14 heteroatoms. The van der Waals surface area contributed by atoms with Gasteiger partial charge in [0.15, 0.2) is 5.75 Å². The lowest BCUT2D eigenvalue weighted by atomic mass is 9.78. The first-order chi connectivity index (χ1) is 27.9. The zero-order valence-electron chi connectivity index (χ0n) is 35.7. The van der Waals surface area contributed by atoms with Crippen molar-refractivity contribution in [1.29, 1.82) is 0 Å². The molecular weight excluding hydrogens is 759 g/mol. The third-order valence-corrected chi connectivity index (χ3v) is 12.1. The summed E-state index contributed by atoms with van der Waals surface area (Å²) in [4.78, 5) is 40.5. The van der Waals surface area contributed by atoms with E-state index in [9.17, 15) is 34.8 Å². The number of Topliss-reactive ketones (excluding diaryl/α,β-unsaturated/α-hetero) is 1. The van der Waals surface area contributed by atoms with Crippen molar-refractivity contribution >= 4 is 40.3 Å². The Morgan fingerprint density at radius 1 is 0.966 bits per heavy atom. The van der Waals surface area contributed by atoms with E-state index >= 15 is 0 Å². The summed E-state index contributed by atoms with van der Waals surface area (Å²) in [6, 6.07) is 1.59. The molecule has 6 rings (SSSR count). The van der Waals surface area contributed by atoms with Gasteiger partial charge < -0.3 is 44.7 Å². The number of fused-ring (bicyclic) bond motifs is 14. The molecule has 9 atom stereocenters. The molecule has 0 spiro atoms. The number of ketones is 1. The van der Waals surface area contributed by atoms with Gasteiger partial charge in [0.05, 0.1) is 47.4 Å². The van der Waals surface area contributed by atoms with Crippen LogP contribution in [-0.2, 0) is 23.8 Å². The Hall–Kier alpha value is -4.92. The number of carbonyl (C=O) groups is 3. The number of phenolic OH excluding ortho intramolecular Hbond substituents is 2. The van der Waals surface area contributed by atoms with E-state index in [4.69, 9.17) is 24.0 Å². The molecule has 1 fully saturated rings. The number of benzene rings is 2. The van der Waals surface area contributed by atoms with Crippen LogP contribution in [0.5, 0.6) is 17.2 Å². The van der Waals surface area contributed by atoms with E-state index in [0.29, 0.717) is 0 Å². The van der Waals surface area contributed by atoms with Crippen LogP contribution in [0.2, 0.25) is 0 Å². The van der Waals surface area contributed by atoms with Gasteiger partial charge in [0.2, 0.25) is 0 Å². The number of anilines is 1. The quantitative estimate of drug-likeness (QED) is 0.125. The fraction of sp³-hybridized carbons (Fsp3) is 0.556. The standard InChI is InChI=1S/C45H61N3O11/c1-24-16-15-17-25(2)44(55)47-36-31(23-46-48-19-13-11-10-12-14-20-48)22-32-34(40(36)53)39(52)29(6)42-35(32)43(54)45(8,59-42)57-21-18-33(56-9)26(3)41(58-30(7)49)28(5)38(51)27(4)37(24)50/h15-18,21-24,26-28,33,37-38,41,50-53H,10-14,19-20H2,1-9H3,(H,47,55)/b16-15+,21-18+,25-17-,46-23+. The number of allylic oxidation sites excluding steroid dienone is 2. The fourth-order valence-electron chi connectivity index (χ4n) is 8.27. The minimum Gasteiger partial charge on any atom is -0.507 e. The lowest BCUT2D eigenvalue weighted by Gasteiger charge is -2.38. The summed E-state index contributed by atoms with van der Waals surface area (Å²) < 4.78 is 23.8. The number of nitrogens with zero attached hydrogens (tertiary/aromatic N) is 2. The molecule has 14 nitrogen and oxygen atoms in total. The van der Waals surface area contributed by atoms with Crippen molar-refractivity contribution in [2.24, 2.45) is 28.8 Å². The second-order valence-corrected chi connectivity index (χ2v) is 16.5. The Balaban J connectivity index is 1.67. The molecule has 0 radical (unpaired) electrons. The number of hydrogen-bond acceptors (Lipinski definition) is 13. The normalized spacial score (nSPS) is 32.1. The van der Waals surface area contributed by atoms with Crippen molar-refractivity contribution in [2.45, 2.75) is 118 Å². The Bertz CT molecular complexity index is 2020. The van der Waals surface area contributed by atoms with E-state index in [2.05, 4.69) is 5.32 Å². The summed E-state index contributed by atoms with van der Waals surface area (Å²) in [5, 5.41) is 56.0. The number of ether oxygens (including phenoxy) is 4. The largest absolute Gasteiger partial charge is 0.507 e. The molecule has 5 bridgehead atoms. The Morgan fingerprint density at radius 3 is 2.27 bits per heavy atom. The van der Waals surface area contributed by atoms with Crippen molar-refractivity contribution in [3.05, 3.63) is 58.9 Å². The third-order valence-electron chi connectivity index (χ3n) is 12.1. The Morgan fingerprint density at radius 2 is 1.63 bits per heavy atom. The van der Waals surface area contributed by atoms with E-state index in [-0.39, 0.29) is 50.2 Å². The van der Waals surface area contributed by atoms with Gasteiger partial charge in [0.25, 0.3) is 11.7 Å². The summed E-state index contributed by atoms with van der Waals surface area (Å²) in [5.41, 5.74) is 0.767. The average molecular weight is 820 g/mol. The highest BCUT2D eigenvalue weighted by Gasteiger charge is 2.49. The second kappa shape index (κ2) is 19.0. The van der Waals surface area contributed by atoms with Crippen LogP contribution in [0.4, 0.5) is 5.69 Å². The van der Waals surface area contributed by atoms with Crippen LogP contribution < -0.4 is 10.1 Å². The van der Waals surface area contributed by atoms with Gasteiger partial charge in [-0.3, -0.25) is 19.4 Å². The minimum absolute atomic E-state index is 0.0139. The van der Waals surface area contributed by atoms with Gasteiger partial charge in [-0.15, -0.1) is 0 Å². The molecular formula is C45H61N3O11. The molecule has 322 valence electrons. The SMILES string of the molecule is COC1/C=C/OC2(C)Oc3c(C)c(O)c4c(O)c(c(/C=N/N5CCCCCCC5)cc4c3C2=O)NC(=O)/C(C)=C\C=C\C(C)C(O)C(C)C(O)C(C)C(OC(C)=O)C1C. The summed E-state index contributed by atoms with van der Waals surface area (Å²) in [6.07, 6.45) is 10.8. The topological polar surface area (TPSA) is 197 Å². The summed E-state index contributed by atoms with van der Waals surface area (Å²) >= 11 is 0. The first kappa shape index (κ1) is 45.2. The highest BCUT2D eigenvalue weighted by molar-refractivity contribution is 6.21. The van der Waals surface area contributed by atoms with Crippen LogP contribution in [0.25, 0.3) is 10.8 Å². The van der Waals surface area contributed by atoms with Gasteiger partial charge in [-0.1, -0.05) is 65.2 Å². The van der Waals surface area contributed by atoms with Crippen LogP contribution in [0.3, 0.4) is 0 Å². The zero-order chi connectivity index (χ0) is 43.3. The lowest BCUT2D eigenvalue weighted by molar-refractivity contribution is -0.160. The van der Waals surface area contributed by atoms with Gasteiger partial charge in [-0.25, -0.2) is 0 Å². The van der Waals surface area contributed by atoms with Crippen molar-refractivity contribution in [1.82, 2.24) is 5.01 Å². The number of hydrogen-bond donors (Lipinski definition) is 5. The number of nitrogens with one attached hydrogen (secondary N) is 1. The summed E-state index contributed by atoms with van der Waals surface area (Å²) in [7, 11) is 1.47. The maximum atomic E-state index is 14.4. The van der Waals surface area contributed by atoms with Gasteiger partial charge >= 0.3 is 11.8 Å². The molecule has 1 amide bonds. The molecule has 0 aliphatic carbocycles. The predicted molar refractivity (Wildman–Crippen MR) is 224 cm³/mol. The number of rotatable bonds is 4. The van der Waals surface area contributed by atoms with E-state index < -0.39 is 77.3 Å². The maximum absolute atomic E-state index is 14.4. The molecule has 4 aliphatic rings. The molecule has 0 aromatic heterocycles. The number of phenols is 2. The van der Waals surface area contributed by atoms with Gasteiger partial charge in [0, 0.05) is 79.8 Å². The van der Waals surface area contributed by atoms with E-state index in [1.165, 1.54) is 39.9 Å². The summed E-state index contributed by atoms with van der Waals surface area (Å²) in [6.45, 7) is 14.3. The van der Waals surface area contributed by atoms with E-state index in [1.807, 2.05) is 5.01 Å². The van der Waals surface area contributed by atoms with Crippen LogP contribution in [-0.4, -0.2) is 99.7 Å².